The normalized spacial score (nSPS) is 17.1. The highest BCUT2D eigenvalue weighted by molar-refractivity contribution is 5.49. The minimum atomic E-state index is -0.398. The molecule has 0 unspecified atom stereocenters. The van der Waals surface area contributed by atoms with Gasteiger partial charge in [0.25, 0.3) is 0 Å². The van der Waals surface area contributed by atoms with Crippen LogP contribution in [-0.4, -0.2) is 36.6 Å². The van der Waals surface area contributed by atoms with Crippen LogP contribution in [0.25, 0.3) is 0 Å². The van der Waals surface area contributed by atoms with Crippen molar-refractivity contribution in [3.05, 3.63) is 39.8 Å². The molecule has 0 spiro atoms. The Hall–Kier alpha value is -1.62. The number of hydrogen-bond donors (Lipinski definition) is 0. The molecule has 1 aromatic rings. The average Bonchev–Trinajstić information content (AvgIpc) is 2.46. The first kappa shape index (κ1) is 15.8. The van der Waals surface area contributed by atoms with E-state index in [1.54, 1.807) is 6.07 Å². The minimum absolute atomic E-state index is 0.0369. The molecule has 115 valence electrons. The van der Waals surface area contributed by atoms with Crippen LogP contribution in [0.4, 0.5) is 5.69 Å². The predicted octanol–water partition coefficient (Wildman–Crippen LogP) is 3.40. The molecule has 1 saturated heterocycles. The highest BCUT2D eigenvalue weighted by Crippen LogP contribution is 2.34. The van der Waals surface area contributed by atoms with Gasteiger partial charge in [-0.15, -0.1) is 0 Å². The third-order valence-electron chi connectivity index (χ3n) is 4.00. The molecule has 5 heteroatoms. The molecule has 0 bridgehead atoms. The number of rotatable bonds is 5. The van der Waals surface area contributed by atoms with Gasteiger partial charge in [-0.2, -0.15) is 0 Å². The predicted molar refractivity (Wildman–Crippen MR) is 82.7 cm³/mol. The quantitative estimate of drug-likeness (QED) is 0.616. The van der Waals surface area contributed by atoms with Gasteiger partial charge in [0.1, 0.15) is 0 Å². The van der Waals surface area contributed by atoms with Gasteiger partial charge >= 0.3 is 5.69 Å². The molecule has 0 N–H and O–H groups in total. The standard InChI is InChI=1S/C16H23N2O3/c1-12(2)11-17-8-6-13(7-9-17)14-4-5-15(18(19)20)16(10-14)21-3/h4-5,10,13H,6-9,11H2,1-3H3. The highest BCUT2D eigenvalue weighted by Gasteiger charge is 2.23. The van der Waals surface area contributed by atoms with E-state index in [0.29, 0.717) is 11.7 Å². The molecule has 21 heavy (non-hydrogen) atoms. The molecule has 1 aromatic carbocycles. The van der Waals surface area contributed by atoms with Gasteiger partial charge in [-0.1, -0.05) is 19.9 Å². The Labute approximate surface area is 126 Å². The zero-order valence-corrected chi connectivity index (χ0v) is 13.0. The number of benzene rings is 1. The molecule has 1 aliphatic rings. The van der Waals surface area contributed by atoms with Crippen LogP contribution in [0.1, 0.15) is 38.2 Å². The van der Waals surface area contributed by atoms with Crippen molar-refractivity contribution in [3.63, 3.8) is 0 Å². The molecule has 1 heterocycles. The lowest BCUT2D eigenvalue weighted by atomic mass is 9.89. The van der Waals surface area contributed by atoms with E-state index in [0.717, 1.165) is 38.0 Å². The Bertz CT molecular complexity index is 494. The first-order valence-corrected chi connectivity index (χ1v) is 7.35. The van der Waals surface area contributed by atoms with E-state index in [2.05, 4.69) is 18.7 Å². The summed E-state index contributed by atoms with van der Waals surface area (Å²) in [5.41, 5.74) is 1.18. The lowest BCUT2D eigenvalue weighted by Gasteiger charge is -2.33. The van der Waals surface area contributed by atoms with Crippen LogP contribution in [0.15, 0.2) is 18.2 Å². The fourth-order valence-electron chi connectivity index (χ4n) is 2.97. The van der Waals surface area contributed by atoms with Crippen molar-refractivity contribution in [3.8, 4) is 5.75 Å². The summed E-state index contributed by atoms with van der Waals surface area (Å²) in [6.07, 6.45) is 2.18. The molecule has 0 aromatic heterocycles. The first-order chi connectivity index (χ1) is 10.0. The van der Waals surface area contributed by atoms with Gasteiger partial charge < -0.3 is 9.64 Å². The summed E-state index contributed by atoms with van der Waals surface area (Å²) < 4.78 is 5.16. The number of ether oxygens (including phenoxy) is 1. The summed E-state index contributed by atoms with van der Waals surface area (Å²) in [6.45, 7) is 7.54. The monoisotopic (exact) mass is 291 g/mol. The average molecular weight is 291 g/mol. The van der Waals surface area contributed by atoms with Gasteiger partial charge in [0.05, 0.1) is 12.0 Å². The molecule has 1 fully saturated rings. The van der Waals surface area contributed by atoms with Crippen LogP contribution in [0.5, 0.6) is 5.75 Å². The van der Waals surface area contributed by atoms with Crippen molar-refractivity contribution in [2.24, 2.45) is 0 Å². The topological polar surface area (TPSA) is 55.6 Å². The van der Waals surface area contributed by atoms with Gasteiger partial charge in [0, 0.05) is 12.6 Å². The Balaban J connectivity index is 2.05. The number of likely N-dealkylation sites (tertiary alicyclic amines) is 1. The van der Waals surface area contributed by atoms with E-state index in [-0.39, 0.29) is 5.69 Å². The molecule has 1 radical (unpaired) electrons. The second-order valence-corrected chi connectivity index (χ2v) is 5.95. The molecule has 1 aliphatic heterocycles. The first-order valence-electron chi connectivity index (χ1n) is 7.35. The number of nitro groups is 1. The molecule has 0 amide bonds. The summed E-state index contributed by atoms with van der Waals surface area (Å²) in [4.78, 5) is 13.0. The highest BCUT2D eigenvalue weighted by atomic mass is 16.6. The number of methoxy groups -OCH3 is 1. The largest absolute Gasteiger partial charge is 0.490 e. The Morgan fingerprint density at radius 1 is 1.38 bits per heavy atom. The van der Waals surface area contributed by atoms with Crippen LogP contribution in [-0.2, 0) is 0 Å². The maximum atomic E-state index is 10.9. The summed E-state index contributed by atoms with van der Waals surface area (Å²) in [6, 6.07) is 5.26. The van der Waals surface area contributed by atoms with Gasteiger partial charge in [0.15, 0.2) is 5.75 Å². The van der Waals surface area contributed by atoms with Crippen LogP contribution in [0.3, 0.4) is 0 Å². The summed E-state index contributed by atoms with van der Waals surface area (Å²) in [5, 5.41) is 10.9. The second-order valence-electron chi connectivity index (χ2n) is 5.95. The number of hydrogen-bond acceptors (Lipinski definition) is 4. The third-order valence-corrected chi connectivity index (χ3v) is 4.00. The lowest BCUT2D eigenvalue weighted by Crippen LogP contribution is -2.35. The van der Waals surface area contributed by atoms with E-state index in [4.69, 9.17) is 4.74 Å². The summed E-state index contributed by atoms with van der Waals surface area (Å²) in [7, 11) is 1.48. The molecule has 0 saturated carbocycles. The van der Waals surface area contributed by atoms with E-state index in [9.17, 15) is 10.1 Å². The van der Waals surface area contributed by atoms with Gasteiger partial charge in [0.2, 0.25) is 0 Å². The molecule has 5 nitrogen and oxygen atoms in total. The Kier molecular flexibility index (Phi) is 5.17. The smallest absolute Gasteiger partial charge is 0.310 e. The SMILES string of the molecule is COc1cc(C2CCN(C[C](C)C)CC2)ccc1[N+](=O)[O-]. The lowest BCUT2D eigenvalue weighted by molar-refractivity contribution is -0.385. The zero-order chi connectivity index (χ0) is 15.4. The van der Waals surface area contributed by atoms with E-state index < -0.39 is 4.92 Å². The van der Waals surface area contributed by atoms with E-state index >= 15 is 0 Å². The van der Waals surface area contributed by atoms with Gasteiger partial charge in [-0.05, 0) is 49.4 Å². The molecule has 2 rings (SSSR count). The van der Waals surface area contributed by atoms with Gasteiger partial charge in [-0.3, -0.25) is 10.1 Å². The van der Waals surface area contributed by atoms with Crippen LogP contribution < -0.4 is 4.74 Å². The van der Waals surface area contributed by atoms with E-state index in [1.165, 1.54) is 13.0 Å². The number of nitro benzene ring substituents is 1. The maximum Gasteiger partial charge on any atom is 0.310 e. The second kappa shape index (κ2) is 6.89. The van der Waals surface area contributed by atoms with Crippen molar-refractivity contribution in [1.29, 1.82) is 0 Å². The van der Waals surface area contributed by atoms with Crippen molar-refractivity contribution < 1.29 is 9.66 Å². The fraction of sp³-hybridized carbons (Fsp3) is 0.562. The molecule has 0 aliphatic carbocycles. The summed E-state index contributed by atoms with van der Waals surface area (Å²) in [5.74, 6) is 2.26. The van der Waals surface area contributed by atoms with Crippen molar-refractivity contribution >= 4 is 5.69 Å². The number of piperidine rings is 1. The van der Waals surface area contributed by atoms with Crippen LogP contribution in [0.2, 0.25) is 0 Å². The van der Waals surface area contributed by atoms with Crippen LogP contribution >= 0.6 is 0 Å². The van der Waals surface area contributed by atoms with Crippen molar-refractivity contribution in [1.82, 2.24) is 4.90 Å². The Morgan fingerprint density at radius 2 is 2.05 bits per heavy atom. The van der Waals surface area contributed by atoms with Crippen molar-refractivity contribution in [2.45, 2.75) is 32.6 Å². The maximum absolute atomic E-state index is 10.9. The zero-order valence-electron chi connectivity index (χ0n) is 13.0. The molecular weight excluding hydrogens is 268 g/mol. The minimum Gasteiger partial charge on any atom is -0.490 e. The molecular formula is C16H23N2O3. The Morgan fingerprint density at radius 3 is 2.57 bits per heavy atom. The van der Waals surface area contributed by atoms with E-state index in [1.807, 2.05) is 12.1 Å². The van der Waals surface area contributed by atoms with Crippen molar-refractivity contribution in [2.75, 3.05) is 26.7 Å². The van der Waals surface area contributed by atoms with Crippen LogP contribution in [0, 0.1) is 16.0 Å². The molecule has 0 atom stereocenters. The fourth-order valence-corrected chi connectivity index (χ4v) is 2.97. The third kappa shape index (κ3) is 3.94. The summed E-state index contributed by atoms with van der Waals surface area (Å²) >= 11 is 0. The number of nitrogens with zero attached hydrogens (tertiary/aromatic N) is 2. The van der Waals surface area contributed by atoms with Gasteiger partial charge in [-0.25, -0.2) is 0 Å².